The summed E-state index contributed by atoms with van der Waals surface area (Å²) in [4.78, 5) is 12.4. The molecule has 2 aromatic carbocycles. The fourth-order valence-electron chi connectivity index (χ4n) is 2.87. The molecule has 148 valence electrons. The predicted octanol–water partition coefficient (Wildman–Crippen LogP) is 4.42. The number of aromatic nitrogens is 1. The SMILES string of the molecule is CC(C)(C)COC(=O)c1ccc2ccn(CCOc3cccc(CO)c3)c2c1. The van der Waals surface area contributed by atoms with E-state index in [0.29, 0.717) is 25.3 Å². The maximum absolute atomic E-state index is 12.4. The van der Waals surface area contributed by atoms with Gasteiger partial charge in [0.2, 0.25) is 0 Å². The molecule has 1 aromatic heterocycles. The maximum Gasteiger partial charge on any atom is 0.338 e. The van der Waals surface area contributed by atoms with E-state index < -0.39 is 0 Å². The lowest BCUT2D eigenvalue weighted by molar-refractivity contribution is 0.0367. The summed E-state index contributed by atoms with van der Waals surface area (Å²) in [6.45, 7) is 7.60. The molecule has 0 bridgehead atoms. The standard InChI is InChI=1S/C23H27NO4/c1-23(2,3)16-28-22(26)19-8-7-18-9-10-24(21(18)14-19)11-12-27-20-6-4-5-17(13-20)15-25/h4-10,13-14,25H,11-12,15-16H2,1-3H3. The zero-order valence-electron chi connectivity index (χ0n) is 16.6. The number of hydrogen-bond acceptors (Lipinski definition) is 4. The lowest BCUT2D eigenvalue weighted by atomic mass is 9.99. The average molecular weight is 381 g/mol. The molecule has 0 atom stereocenters. The van der Waals surface area contributed by atoms with Gasteiger partial charge in [-0.05, 0) is 46.7 Å². The molecular formula is C23H27NO4. The molecule has 0 spiro atoms. The summed E-state index contributed by atoms with van der Waals surface area (Å²) in [5.74, 6) is 0.427. The maximum atomic E-state index is 12.4. The van der Waals surface area contributed by atoms with Crippen LogP contribution in [0.2, 0.25) is 0 Å². The molecule has 28 heavy (non-hydrogen) atoms. The van der Waals surface area contributed by atoms with Crippen LogP contribution in [0.1, 0.15) is 36.7 Å². The number of carbonyl (C=O) groups is 1. The third-order valence-corrected chi connectivity index (χ3v) is 4.33. The Morgan fingerprint density at radius 3 is 2.68 bits per heavy atom. The first kappa shape index (κ1) is 20.0. The van der Waals surface area contributed by atoms with Crippen LogP contribution in [0.15, 0.2) is 54.7 Å². The summed E-state index contributed by atoms with van der Waals surface area (Å²) >= 11 is 0. The lowest BCUT2D eigenvalue weighted by Crippen LogP contribution is -2.18. The summed E-state index contributed by atoms with van der Waals surface area (Å²) in [6, 6.07) is 15.0. The van der Waals surface area contributed by atoms with Crippen LogP contribution in [-0.4, -0.2) is 28.9 Å². The molecule has 5 nitrogen and oxygen atoms in total. The van der Waals surface area contributed by atoms with E-state index in [4.69, 9.17) is 9.47 Å². The summed E-state index contributed by atoms with van der Waals surface area (Å²) in [7, 11) is 0. The van der Waals surface area contributed by atoms with Crippen molar-refractivity contribution in [1.82, 2.24) is 4.57 Å². The summed E-state index contributed by atoms with van der Waals surface area (Å²) in [5.41, 5.74) is 2.28. The van der Waals surface area contributed by atoms with Gasteiger partial charge >= 0.3 is 5.97 Å². The number of nitrogens with zero attached hydrogens (tertiary/aromatic N) is 1. The van der Waals surface area contributed by atoms with Crippen molar-refractivity contribution in [1.29, 1.82) is 0 Å². The number of fused-ring (bicyclic) bond motifs is 1. The van der Waals surface area contributed by atoms with Crippen molar-refractivity contribution in [2.45, 2.75) is 33.9 Å². The highest BCUT2D eigenvalue weighted by Gasteiger charge is 2.16. The van der Waals surface area contributed by atoms with E-state index in [-0.39, 0.29) is 18.0 Å². The highest BCUT2D eigenvalue weighted by molar-refractivity contribution is 5.94. The first-order chi connectivity index (χ1) is 13.4. The van der Waals surface area contributed by atoms with Gasteiger partial charge in [-0.3, -0.25) is 0 Å². The van der Waals surface area contributed by atoms with Gasteiger partial charge in [-0.25, -0.2) is 4.79 Å². The van der Waals surface area contributed by atoms with E-state index in [1.807, 2.05) is 69.4 Å². The van der Waals surface area contributed by atoms with E-state index >= 15 is 0 Å². The molecule has 0 amide bonds. The smallest absolute Gasteiger partial charge is 0.338 e. The van der Waals surface area contributed by atoms with Gasteiger partial charge in [-0.1, -0.05) is 39.0 Å². The minimum absolute atomic E-state index is 0.00642. The molecule has 0 saturated carbocycles. The van der Waals surface area contributed by atoms with Gasteiger partial charge in [0.25, 0.3) is 0 Å². The zero-order chi connectivity index (χ0) is 20.1. The number of rotatable bonds is 7. The fraction of sp³-hybridized carbons (Fsp3) is 0.348. The van der Waals surface area contributed by atoms with Crippen LogP contribution in [0.25, 0.3) is 10.9 Å². The van der Waals surface area contributed by atoms with Crippen LogP contribution in [0.4, 0.5) is 0 Å². The second-order valence-electron chi connectivity index (χ2n) is 8.07. The minimum atomic E-state index is -0.304. The molecule has 0 saturated heterocycles. The van der Waals surface area contributed by atoms with E-state index in [2.05, 4.69) is 4.57 Å². The second kappa shape index (κ2) is 8.48. The number of esters is 1. The van der Waals surface area contributed by atoms with Crippen LogP contribution >= 0.6 is 0 Å². The Hall–Kier alpha value is -2.79. The highest BCUT2D eigenvalue weighted by Crippen LogP contribution is 2.20. The number of hydrogen-bond donors (Lipinski definition) is 1. The van der Waals surface area contributed by atoms with Gasteiger partial charge in [-0.15, -0.1) is 0 Å². The van der Waals surface area contributed by atoms with Gasteiger partial charge in [0.15, 0.2) is 0 Å². The Morgan fingerprint density at radius 2 is 1.93 bits per heavy atom. The largest absolute Gasteiger partial charge is 0.492 e. The first-order valence-electron chi connectivity index (χ1n) is 9.44. The third-order valence-electron chi connectivity index (χ3n) is 4.33. The summed E-state index contributed by atoms with van der Waals surface area (Å²) < 4.78 is 13.3. The van der Waals surface area contributed by atoms with Crippen molar-refractivity contribution in [2.75, 3.05) is 13.2 Å². The molecular weight excluding hydrogens is 354 g/mol. The molecule has 1 heterocycles. The molecule has 5 heteroatoms. The van der Waals surface area contributed by atoms with Crippen molar-refractivity contribution in [3.63, 3.8) is 0 Å². The number of aliphatic hydroxyl groups excluding tert-OH is 1. The van der Waals surface area contributed by atoms with Crippen LogP contribution in [0.5, 0.6) is 5.75 Å². The van der Waals surface area contributed by atoms with Crippen molar-refractivity contribution in [3.05, 3.63) is 65.9 Å². The van der Waals surface area contributed by atoms with Gasteiger partial charge in [0.1, 0.15) is 12.4 Å². The van der Waals surface area contributed by atoms with Crippen LogP contribution in [0.3, 0.4) is 0 Å². The number of aliphatic hydroxyl groups is 1. The lowest BCUT2D eigenvalue weighted by Gasteiger charge is -2.17. The van der Waals surface area contributed by atoms with Crippen LogP contribution in [-0.2, 0) is 17.9 Å². The quantitative estimate of drug-likeness (QED) is 0.616. The van der Waals surface area contributed by atoms with Gasteiger partial charge in [-0.2, -0.15) is 0 Å². The molecule has 0 aliphatic heterocycles. The van der Waals surface area contributed by atoms with Crippen molar-refractivity contribution >= 4 is 16.9 Å². The number of ether oxygens (including phenoxy) is 2. The minimum Gasteiger partial charge on any atom is -0.492 e. The van der Waals surface area contributed by atoms with Crippen molar-refractivity contribution < 1.29 is 19.4 Å². The van der Waals surface area contributed by atoms with Crippen molar-refractivity contribution in [2.24, 2.45) is 5.41 Å². The molecule has 0 aliphatic rings. The zero-order valence-corrected chi connectivity index (χ0v) is 16.6. The molecule has 3 aromatic rings. The normalized spacial score (nSPS) is 11.6. The fourth-order valence-corrected chi connectivity index (χ4v) is 2.87. The molecule has 0 aliphatic carbocycles. The second-order valence-corrected chi connectivity index (χ2v) is 8.07. The first-order valence-corrected chi connectivity index (χ1v) is 9.44. The van der Waals surface area contributed by atoms with Gasteiger partial charge in [0, 0.05) is 11.7 Å². The average Bonchev–Trinajstić information content (AvgIpc) is 3.08. The topological polar surface area (TPSA) is 60.7 Å². The molecule has 0 unspecified atom stereocenters. The number of benzene rings is 2. The molecule has 0 fully saturated rings. The summed E-state index contributed by atoms with van der Waals surface area (Å²) in [6.07, 6.45) is 1.99. The molecule has 1 N–H and O–H groups in total. The third kappa shape index (κ3) is 5.14. The Bertz CT molecular complexity index is 953. The van der Waals surface area contributed by atoms with Crippen LogP contribution < -0.4 is 4.74 Å². The van der Waals surface area contributed by atoms with E-state index in [1.165, 1.54) is 0 Å². The highest BCUT2D eigenvalue weighted by atomic mass is 16.5. The molecule has 3 rings (SSSR count). The predicted molar refractivity (Wildman–Crippen MR) is 110 cm³/mol. The Labute approximate surface area is 165 Å². The van der Waals surface area contributed by atoms with E-state index in [1.54, 1.807) is 6.07 Å². The Morgan fingerprint density at radius 1 is 1.11 bits per heavy atom. The number of carbonyl (C=O) groups excluding carboxylic acids is 1. The van der Waals surface area contributed by atoms with E-state index in [0.717, 1.165) is 22.2 Å². The Kier molecular flexibility index (Phi) is 6.05. The Balaban J connectivity index is 1.67. The summed E-state index contributed by atoms with van der Waals surface area (Å²) in [5, 5.41) is 10.3. The molecule has 0 radical (unpaired) electrons. The van der Waals surface area contributed by atoms with Gasteiger partial charge in [0.05, 0.1) is 25.3 Å². The monoisotopic (exact) mass is 381 g/mol. The van der Waals surface area contributed by atoms with Gasteiger partial charge < -0.3 is 19.1 Å². The van der Waals surface area contributed by atoms with Crippen LogP contribution in [0, 0.1) is 5.41 Å². The van der Waals surface area contributed by atoms with Crippen molar-refractivity contribution in [3.8, 4) is 5.75 Å². The van der Waals surface area contributed by atoms with E-state index in [9.17, 15) is 9.90 Å².